The molecule has 1 N–H and O–H groups in total. The number of pyridine rings is 1. The van der Waals surface area contributed by atoms with Crippen molar-refractivity contribution in [3.8, 4) is 0 Å². The van der Waals surface area contributed by atoms with E-state index in [9.17, 15) is 4.79 Å². The zero-order valence-electron chi connectivity index (χ0n) is 11.6. The molecule has 1 saturated carbocycles. The normalized spacial score (nSPS) is 15.4. The van der Waals surface area contributed by atoms with E-state index in [2.05, 4.69) is 10.3 Å². The van der Waals surface area contributed by atoms with E-state index in [-0.39, 0.29) is 6.03 Å². The van der Waals surface area contributed by atoms with Crippen LogP contribution in [0.1, 0.15) is 38.2 Å². The average Bonchev–Trinajstić information content (AvgIpc) is 2.93. The number of nitrogens with zero attached hydrogens (tertiary/aromatic N) is 2. The lowest BCUT2D eigenvalue weighted by Gasteiger charge is -2.23. The molecule has 0 unspecified atom stereocenters. The fourth-order valence-electron chi connectivity index (χ4n) is 2.55. The van der Waals surface area contributed by atoms with Crippen molar-refractivity contribution in [2.45, 2.75) is 45.1 Å². The highest BCUT2D eigenvalue weighted by Gasteiger charge is 2.19. The van der Waals surface area contributed by atoms with Gasteiger partial charge in [0.05, 0.1) is 0 Å². The zero-order chi connectivity index (χ0) is 13.5. The molecule has 0 aromatic carbocycles. The molecule has 1 fully saturated rings. The predicted molar refractivity (Wildman–Crippen MR) is 76.0 cm³/mol. The Morgan fingerprint density at radius 1 is 1.37 bits per heavy atom. The first-order valence-electron chi connectivity index (χ1n) is 7.24. The monoisotopic (exact) mass is 261 g/mol. The summed E-state index contributed by atoms with van der Waals surface area (Å²) in [7, 11) is 0. The molecule has 4 heteroatoms. The number of amides is 2. The third kappa shape index (κ3) is 4.23. The summed E-state index contributed by atoms with van der Waals surface area (Å²) in [5.41, 5.74) is 1.22. The van der Waals surface area contributed by atoms with E-state index in [0.29, 0.717) is 6.04 Å². The molecule has 1 aromatic rings. The molecule has 1 aliphatic rings. The first-order valence-corrected chi connectivity index (χ1v) is 7.24. The van der Waals surface area contributed by atoms with E-state index in [0.717, 1.165) is 32.4 Å². The average molecular weight is 261 g/mol. The van der Waals surface area contributed by atoms with Crippen molar-refractivity contribution in [3.05, 3.63) is 30.1 Å². The summed E-state index contributed by atoms with van der Waals surface area (Å²) in [6.45, 7) is 3.55. The number of rotatable bonds is 5. The second-order valence-corrected chi connectivity index (χ2v) is 5.12. The molecule has 0 spiro atoms. The van der Waals surface area contributed by atoms with Gasteiger partial charge in [0.25, 0.3) is 0 Å². The topological polar surface area (TPSA) is 45.2 Å². The summed E-state index contributed by atoms with van der Waals surface area (Å²) in [6, 6.07) is 4.48. The Morgan fingerprint density at radius 2 is 2.05 bits per heavy atom. The van der Waals surface area contributed by atoms with Crippen LogP contribution < -0.4 is 5.32 Å². The summed E-state index contributed by atoms with van der Waals surface area (Å²) in [5, 5.41) is 3.14. The molecule has 4 nitrogen and oxygen atoms in total. The third-order valence-electron chi connectivity index (χ3n) is 3.77. The van der Waals surface area contributed by atoms with Crippen LogP contribution in [0.3, 0.4) is 0 Å². The van der Waals surface area contributed by atoms with Gasteiger partial charge in [-0.1, -0.05) is 12.8 Å². The van der Waals surface area contributed by atoms with E-state index in [1.54, 1.807) is 12.4 Å². The van der Waals surface area contributed by atoms with E-state index in [1.807, 2.05) is 24.0 Å². The van der Waals surface area contributed by atoms with Crippen molar-refractivity contribution < 1.29 is 4.79 Å². The first-order chi connectivity index (χ1) is 9.29. The van der Waals surface area contributed by atoms with Crippen LogP contribution in [0.2, 0.25) is 0 Å². The number of hydrogen-bond acceptors (Lipinski definition) is 2. The fraction of sp³-hybridized carbons (Fsp3) is 0.600. The Hall–Kier alpha value is -1.58. The van der Waals surface area contributed by atoms with Crippen LogP contribution in [0.15, 0.2) is 24.5 Å². The van der Waals surface area contributed by atoms with Gasteiger partial charge in [-0.3, -0.25) is 4.98 Å². The highest BCUT2D eigenvalue weighted by Crippen LogP contribution is 2.17. The Labute approximate surface area is 115 Å². The largest absolute Gasteiger partial charge is 0.335 e. The standard InChI is InChI=1S/C15H23N3O/c1-2-18(12-9-13-7-10-16-11-8-13)15(19)17-14-5-3-4-6-14/h7-8,10-11,14H,2-6,9,12H2,1H3,(H,17,19). The van der Waals surface area contributed by atoms with E-state index in [1.165, 1.54) is 18.4 Å². The molecule has 1 aliphatic carbocycles. The fourth-order valence-corrected chi connectivity index (χ4v) is 2.55. The van der Waals surface area contributed by atoms with Gasteiger partial charge in [-0.05, 0) is 43.9 Å². The minimum atomic E-state index is 0.0865. The van der Waals surface area contributed by atoms with Crippen LogP contribution >= 0.6 is 0 Å². The van der Waals surface area contributed by atoms with Gasteiger partial charge in [-0.2, -0.15) is 0 Å². The van der Waals surface area contributed by atoms with E-state index >= 15 is 0 Å². The molecule has 0 aliphatic heterocycles. The highest BCUT2D eigenvalue weighted by atomic mass is 16.2. The summed E-state index contributed by atoms with van der Waals surface area (Å²) in [4.78, 5) is 18.0. The lowest BCUT2D eigenvalue weighted by Crippen LogP contribution is -2.44. The second kappa shape index (κ2) is 7.12. The molecule has 1 heterocycles. The summed E-state index contributed by atoms with van der Waals surface area (Å²) < 4.78 is 0. The third-order valence-corrected chi connectivity index (χ3v) is 3.77. The van der Waals surface area contributed by atoms with Crippen molar-refractivity contribution in [3.63, 3.8) is 0 Å². The maximum Gasteiger partial charge on any atom is 0.317 e. The maximum atomic E-state index is 12.2. The van der Waals surface area contributed by atoms with Crippen LogP contribution in [0, 0.1) is 0 Å². The van der Waals surface area contributed by atoms with Crippen molar-refractivity contribution >= 4 is 6.03 Å². The molecule has 0 radical (unpaired) electrons. The molecule has 19 heavy (non-hydrogen) atoms. The lowest BCUT2D eigenvalue weighted by atomic mass is 10.2. The molecule has 0 saturated heterocycles. The Balaban J connectivity index is 1.80. The molecule has 0 bridgehead atoms. The van der Waals surface area contributed by atoms with E-state index < -0.39 is 0 Å². The molecular formula is C15H23N3O. The predicted octanol–water partition coefficient (Wildman–Crippen LogP) is 2.60. The Kier molecular flexibility index (Phi) is 5.19. The number of nitrogens with one attached hydrogen (secondary N) is 1. The van der Waals surface area contributed by atoms with Crippen molar-refractivity contribution in [1.29, 1.82) is 0 Å². The lowest BCUT2D eigenvalue weighted by molar-refractivity contribution is 0.197. The van der Waals surface area contributed by atoms with Gasteiger partial charge in [0.15, 0.2) is 0 Å². The summed E-state index contributed by atoms with van der Waals surface area (Å²) in [5.74, 6) is 0. The molecule has 2 amide bonds. The number of aromatic nitrogens is 1. The number of likely N-dealkylation sites (N-methyl/N-ethyl adjacent to an activating group) is 1. The van der Waals surface area contributed by atoms with Gasteiger partial charge in [-0.15, -0.1) is 0 Å². The number of hydrogen-bond donors (Lipinski definition) is 1. The summed E-state index contributed by atoms with van der Waals surface area (Å²) >= 11 is 0. The van der Waals surface area contributed by atoms with E-state index in [4.69, 9.17) is 0 Å². The highest BCUT2D eigenvalue weighted by molar-refractivity contribution is 5.74. The van der Waals surface area contributed by atoms with Crippen molar-refractivity contribution in [2.24, 2.45) is 0 Å². The second-order valence-electron chi connectivity index (χ2n) is 5.12. The molecule has 104 valence electrons. The first kappa shape index (κ1) is 13.8. The van der Waals surface area contributed by atoms with Gasteiger partial charge in [-0.25, -0.2) is 4.79 Å². The smallest absolute Gasteiger partial charge is 0.317 e. The van der Waals surface area contributed by atoms with Crippen molar-refractivity contribution in [1.82, 2.24) is 15.2 Å². The number of carbonyl (C=O) groups is 1. The van der Waals surface area contributed by atoms with Crippen LogP contribution in [-0.2, 0) is 6.42 Å². The quantitative estimate of drug-likeness (QED) is 0.885. The molecule has 2 rings (SSSR count). The minimum Gasteiger partial charge on any atom is -0.335 e. The SMILES string of the molecule is CCN(CCc1ccncc1)C(=O)NC1CCCC1. The van der Waals surface area contributed by atoms with Gasteiger partial charge in [0.2, 0.25) is 0 Å². The Morgan fingerprint density at radius 3 is 2.68 bits per heavy atom. The molecule has 1 aromatic heterocycles. The van der Waals surface area contributed by atoms with Crippen LogP contribution in [0.4, 0.5) is 4.79 Å². The number of carbonyl (C=O) groups excluding carboxylic acids is 1. The van der Waals surface area contributed by atoms with Gasteiger partial charge < -0.3 is 10.2 Å². The molecule has 0 atom stereocenters. The van der Waals surface area contributed by atoms with Gasteiger partial charge >= 0.3 is 6.03 Å². The maximum absolute atomic E-state index is 12.2. The summed E-state index contributed by atoms with van der Waals surface area (Å²) in [6.07, 6.45) is 9.23. The van der Waals surface area contributed by atoms with Gasteiger partial charge in [0.1, 0.15) is 0 Å². The molecular weight excluding hydrogens is 238 g/mol. The van der Waals surface area contributed by atoms with Gasteiger partial charge in [0, 0.05) is 31.5 Å². The minimum absolute atomic E-state index is 0.0865. The Bertz CT molecular complexity index is 388. The zero-order valence-corrected chi connectivity index (χ0v) is 11.6. The van der Waals surface area contributed by atoms with Crippen LogP contribution in [0.25, 0.3) is 0 Å². The van der Waals surface area contributed by atoms with Crippen molar-refractivity contribution in [2.75, 3.05) is 13.1 Å². The van der Waals surface area contributed by atoms with Crippen LogP contribution in [0.5, 0.6) is 0 Å². The number of urea groups is 1. The van der Waals surface area contributed by atoms with Crippen LogP contribution in [-0.4, -0.2) is 35.0 Å².